The van der Waals surface area contributed by atoms with E-state index < -0.39 is 22.5 Å². The second-order valence-electron chi connectivity index (χ2n) is 8.84. The quantitative estimate of drug-likeness (QED) is 0.399. The molecule has 2 amide bonds. The lowest BCUT2D eigenvalue weighted by atomic mass is 10.1. The van der Waals surface area contributed by atoms with Crippen LogP contribution in [0.5, 0.6) is 5.75 Å². The van der Waals surface area contributed by atoms with Crippen LogP contribution in [0.2, 0.25) is 0 Å². The van der Waals surface area contributed by atoms with Crippen LogP contribution >= 0.6 is 15.9 Å². The highest BCUT2D eigenvalue weighted by Crippen LogP contribution is 2.31. The lowest BCUT2D eigenvalue weighted by molar-refractivity contribution is -0.117. The molecular formula is C27H28BrN3O5S. The van der Waals surface area contributed by atoms with Gasteiger partial charge in [-0.3, -0.25) is 13.9 Å². The van der Waals surface area contributed by atoms with Crippen LogP contribution in [0.4, 0.5) is 17.1 Å². The summed E-state index contributed by atoms with van der Waals surface area (Å²) in [5.41, 5.74) is 3.47. The topological polar surface area (TPSA) is 96.0 Å². The van der Waals surface area contributed by atoms with Gasteiger partial charge in [-0.1, -0.05) is 23.8 Å². The number of nitrogens with one attached hydrogen (secondary N) is 1. The molecular weight excluding hydrogens is 558 g/mol. The molecule has 1 heterocycles. The van der Waals surface area contributed by atoms with Crippen LogP contribution in [0.15, 0.2) is 70.0 Å². The number of sulfonamides is 1. The standard InChI is InChI=1S/C27H28BrN3O5S/c1-18-6-10-21(11-7-18)31(37(34,35)22-12-13-25(36-3)23(28)16-22)17-26(32)29-20-9-8-19(2)24(15-20)30-14-4-5-27(30)33/h6-13,15-16H,4-5,14,17H2,1-3H3,(H,29,32). The fourth-order valence-electron chi connectivity index (χ4n) is 4.17. The number of hydrogen-bond acceptors (Lipinski definition) is 5. The monoisotopic (exact) mass is 585 g/mol. The number of carbonyl (C=O) groups is 2. The molecule has 1 N–H and O–H groups in total. The number of benzene rings is 3. The van der Waals surface area contributed by atoms with E-state index in [4.69, 9.17) is 4.74 Å². The number of ether oxygens (including phenoxy) is 1. The number of amides is 2. The van der Waals surface area contributed by atoms with Crippen molar-refractivity contribution in [2.45, 2.75) is 31.6 Å². The van der Waals surface area contributed by atoms with Crippen molar-refractivity contribution in [2.75, 3.05) is 34.7 Å². The van der Waals surface area contributed by atoms with Gasteiger partial charge in [0.2, 0.25) is 11.8 Å². The molecule has 1 saturated heterocycles. The van der Waals surface area contributed by atoms with Crippen LogP contribution in [-0.2, 0) is 19.6 Å². The first-order valence-electron chi connectivity index (χ1n) is 11.7. The molecule has 3 aromatic carbocycles. The molecule has 1 aliphatic heterocycles. The third-order valence-electron chi connectivity index (χ3n) is 6.18. The van der Waals surface area contributed by atoms with Crippen LogP contribution in [-0.4, -0.2) is 40.4 Å². The van der Waals surface area contributed by atoms with Crippen molar-refractivity contribution in [3.63, 3.8) is 0 Å². The molecule has 194 valence electrons. The summed E-state index contributed by atoms with van der Waals surface area (Å²) in [6.45, 7) is 4.00. The van der Waals surface area contributed by atoms with Gasteiger partial charge in [0.25, 0.3) is 10.0 Å². The first-order valence-corrected chi connectivity index (χ1v) is 14.0. The summed E-state index contributed by atoms with van der Waals surface area (Å²) in [6, 6.07) is 16.7. The van der Waals surface area contributed by atoms with E-state index >= 15 is 0 Å². The largest absolute Gasteiger partial charge is 0.496 e. The number of anilines is 3. The summed E-state index contributed by atoms with van der Waals surface area (Å²) in [4.78, 5) is 27.1. The summed E-state index contributed by atoms with van der Waals surface area (Å²) in [7, 11) is -2.61. The zero-order chi connectivity index (χ0) is 26.7. The van der Waals surface area contributed by atoms with Gasteiger partial charge in [0, 0.05) is 24.3 Å². The summed E-state index contributed by atoms with van der Waals surface area (Å²) in [5.74, 6) is 0.0263. The van der Waals surface area contributed by atoms with Crippen LogP contribution in [0, 0.1) is 13.8 Å². The van der Waals surface area contributed by atoms with E-state index in [1.165, 1.54) is 19.2 Å². The second kappa shape index (κ2) is 10.9. The molecule has 10 heteroatoms. The van der Waals surface area contributed by atoms with Gasteiger partial charge in [0.05, 0.1) is 22.2 Å². The maximum atomic E-state index is 13.7. The number of halogens is 1. The molecule has 0 unspecified atom stereocenters. The molecule has 0 aromatic heterocycles. The highest BCUT2D eigenvalue weighted by molar-refractivity contribution is 9.10. The summed E-state index contributed by atoms with van der Waals surface area (Å²) >= 11 is 3.34. The highest BCUT2D eigenvalue weighted by Gasteiger charge is 2.28. The number of hydrogen-bond donors (Lipinski definition) is 1. The summed E-state index contributed by atoms with van der Waals surface area (Å²) in [6.07, 6.45) is 1.29. The van der Waals surface area contributed by atoms with Crippen molar-refractivity contribution in [3.8, 4) is 5.75 Å². The Kier molecular flexibility index (Phi) is 7.89. The van der Waals surface area contributed by atoms with Crippen LogP contribution in [0.25, 0.3) is 0 Å². The van der Waals surface area contributed by atoms with Crippen molar-refractivity contribution < 1.29 is 22.7 Å². The third-order valence-corrected chi connectivity index (χ3v) is 8.57. The molecule has 1 aliphatic rings. The fraction of sp³-hybridized carbons (Fsp3) is 0.259. The van der Waals surface area contributed by atoms with Gasteiger partial charge in [0.1, 0.15) is 12.3 Å². The Balaban J connectivity index is 1.63. The smallest absolute Gasteiger partial charge is 0.264 e. The van der Waals surface area contributed by atoms with Crippen LogP contribution in [0.1, 0.15) is 24.0 Å². The number of methoxy groups -OCH3 is 1. The molecule has 0 bridgehead atoms. The Labute approximate surface area is 225 Å². The van der Waals surface area contributed by atoms with Gasteiger partial charge in [-0.15, -0.1) is 0 Å². The predicted octanol–water partition coefficient (Wildman–Crippen LogP) is 5.04. The molecule has 37 heavy (non-hydrogen) atoms. The van der Waals surface area contributed by atoms with Gasteiger partial charge < -0.3 is 15.0 Å². The SMILES string of the molecule is COc1ccc(S(=O)(=O)N(CC(=O)Nc2ccc(C)c(N3CCCC3=O)c2)c2ccc(C)cc2)cc1Br. The lowest BCUT2D eigenvalue weighted by Crippen LogP contribution is -2.38. The van der Waals surface area contributed by atoms with E-state index in [2.05, 4.69) is 21.2 Å². The number of rotatable bonds is 8. The van der Waals surface area contributed by atoms with Gasteiger partial charge in [-0.05, 0) is 84.2 Å². The minimum absolute atomic E-state index is 0.0127. The molecule has 0 spiro atoms. The lowest BCUT2D eigenvalue weighted by Gasteiger charge is -2.25. The summed E-state index contributed by atoms with van der Waals surface area (Å²) < 4.78 is 34.2. The number of aryl methyl sites for hydroxylation is 2. The zero-order valence-electron chi connectivity index (χ0n) is 20.8. The molecule has 0 aliphatic carbocycles. The number of carbonyl (C=O) groups excluding carboxylic acids is 2. The van der Waals surface area contributed by atoms with Crippen molar-refractivity contribution in [3.05, 3.63) is 76.3 Å². The highest BCUT2D eigenvalue weighted by atomic mass is 79.9. The van der Waals surface area contributed by atoms with E-state index in [1.54, 1.807) is 47.4 Å². The van der Waals surface area contributed by atoms with Gasteiger partial charge in [0.15, 0.2) is 0 Å². The molecule has 1 fully saturated rings. The van der Waals surface area contributed by atoms with Gasteiger partial charge in [-0.25, -0.2) is 8.42 Å². The number of nitrogens with zero attached hydrogens (tertiary/aromatic N) is 2. The first kappa shape index (κ1) is 26.7. The average molecular weight is 587 g/mol. The van der Waals surface area contributed by atoms with E-state index in [1.807, 2.05) is 19.9 Å². The Morgan fingerprint density at radius 1 is 1.08 bits per heavy atom. The van der Waals surface area contributed by atoms with Crippen molar-refractivity contribution >= 4 is 54.8 Å². The average Bonchev–Trinajstić information content (AvgIpc) is 3.29. The Hall–Kier alpha value is -3.37. The second-order valence-corrected chi connectivity index (χ2v) is 11.6. The maximum Gasteiger partial charge on any atom is 0.264 e. The summed E-state index contributed by atoms with van der Waals surface area (Å²) in [5, 5.41) is 2.80. The van der Waals surface area contributed by atoms with Crippen LogP contribution in [0.3, 0.4) is 0 Å². The first-order chi connectivity index (χ1) is 17.6. The van der Waals surface area contributed by atoms with E-state index in [0.29, 0.717) is 34.6 Å². The molecule has 8 nitrogen and oxygen atoms in total. The Bertz CT molecular complexity index is 1440. The molecule has 3 aromatic rings. The minimum Gasteiger partial charge on any atom is -0.496 e. The molecule has 0 saturated carbocycles. The van der Waals surface area contributed by atoms with Gasteiger partial charge in [-0.2, -0.15) is 0 Å². The van der Waals surface area contributed by atoms with Gasteiger partial charge >= 0.3 is 0 Å². The van der Waals surface area contributed by atoms with Crippen molar-refractivity contribution in [1.82, 2.24) is 0 Å². The van der Waals surface area contributed by atoms with E-state index in [9.17, 15) is 18.0 Å². The van der Waals surface area contributed by atoms with Crippen molar-refractivity contribution in [2.24, 2.45) is 0 Å². The van der Waals surface area contributed by atoms with Crippen LogP contribution < -0.4 is 19.3 Å². The normalized spacial score (nSPS) is 13.5. The zero-order valence-corrected chi connectivity index (χ0v) is 23.2. The third kappa shape index (κ3) is 5.80. The van der Waals surface area contributed by atoms with Crippen molar-refractivity contribution in [1.29, 1.82) is 0 Å². The van der Waals surface area contributed by atoms with E-state index in [-0.39, 0.29) is 10.8 Å². The fourth-order valence-corrected chi connectivity index (χ4v) is 6.31. The minimum atomic E-state index is -4.10. The Morgan fingerprint density at radius 3 is 2.43 bits per heavy atom. The molecule has 0 radical (unpaired) electrons. The molecule has 4 rings (SSSR count). The molecule has 0 atom stereocenters. The predicted molar refractivity (Wildman–Crippen MR) is 148 cm³/mol. The maximum absolute atomic E-state index is 13.7. The van der Waals surface area contributed by atoms with E-state index in [0.717, 1.165) is 27.5 Å². The Morgan fingerprint density at radius 2 is 1.81 bits per heavy atom.